The molecule has 2 N–H and O–H groups in total. The number of benzene rings is 2. The summed E-state index contributed by atoms with van der Waals surface area (Å²) in [6, 6.07) is 19.6. The number of pyridine rings is 1. The SMILES string of the molecule is O=C(Nc1ccc(-c2ccc3ncc(N4CCN(c5ccncc5)CC4)nc3c2)cc1)c1cc[nH]n1. The van der Waals surface area contributed by atoms with Crippen molar-refractivity contribution in [1.29, 1.82) is 0 Å². The van der Waals surface area contributed by atoms with Crippen molar-refractivity contribution >= 4 is 34.1 Å². The third-order valence-corrected chi connectivity index (χ3v) is 6.37. The molecule has 1 aliphatic rings. The molecule has 5 aromatic rings. The first-order valence-corrected chi connectivity index (χ1v) is 11.8. The van der Waals surface area contributed by atoms with Crippen molar-refractivity contribution in [3.63, 3.8) is 0 Å². The van der Waals surface area contributed by atoms with Crippen molar-refractivity contribution in [3.8, 4) is 11.1 Å². The highest BCUT2D eigenvalue weighted by atomic mass is 16.1. The molecule has 0 aliphatic carbocycles. The van der Waals surface area contributed by atoms with Gasteiger partial charge >= 0.3 is 0 Å². The van der Waals surface area contributed by atoms with Gasteiger partial charge in [0, 0.05) is 56.1 Å². The molecule has 0 spiro atoms. The molecule has 4 heterocycles. The van der Waals surface area contributed by atoms with Gasteiger partial charge in [-0.15, -0.1) is 0 Å². The number of aromatic amines is 1. The monoisotopic (exact) mass is 476 g/mol. The normalized spacial score (nSPS) is 13.7. The Bertz CT molecular complexity index is 1480. The van der Waals surface area contributed by atoms with Gasteiger partial charge in [-0.1, -0.05) is 18.2 Å². The summed E-state index contributed by atoms with van der Waals surface area (Å²) in [6.07, 6.45) is 7.15. The van der Waals surface area contributed by atoms with E-state index >= 15 is 0 Å². The molecule has 36 heavy (non-hydrogen) atoms. The molecule has 1 fully saturated rings. The van der Waals surface area contributed by atoms with E-state index in [0.29, 0.717) is 11.4 Å². The number of nitrogens with zero attached hydrogens (tertiary/aromatic N) is 6. The first kappa shape index (κ1) is 21.7. The molecule has 178 valence electrons. The number of carbonyl (C=O) groups is 1. The summed E-state index contributed by atoms with van der Waals surface area (Å²) < 4.78 is 0. The van der Waals surface area contributed by atoms with E-state index in [1.165, 1.54) is 5.69 Å². The van der Waals surface area contributed by atoms with Gasteiger partial charge in [0.2, 0.25) is 0 Å². The molecule has 1 amide bonds. The fourth-order valence-electron chi connectivity index (χ4n) is 4.41. The highest BCUT2D eigenvalue weighted by Crippen LogP contribution is 2.26. The van der Waals surface area contributed by atoms with Crippen LogP contribution in [-0.2, 0) is 0 Å². The maximum Gasteiger partial charge on any atom is 0.276 e. The van der Waals surface area contributed by atoms with Crippen LogP contribution in [0.25, 0.3) is 22.2 Å². The van der Waals surface area contributed by atoms with Crippen LogP contribution in [0, 0.1) is 0 Å². The van der Waals surface area contributed by atoms with Crippen LogP contribution in [0.5, 0.6) is 0 Å². The van der Waals surface area contributed by atoms with Gasteiger partial charge in [0.1, 0.15) is 11.5 Å². The van der Waals surface area contributed by atoms with Gasteiger partial charge in [0.05, 0.1) is 17.2 Å². The van der Waals surface area contributed by atoms with E-state index < -0.39 is 0 Å². The predicted octanol–water partition coefficient (Wildman–Crippen LogP) is 3.99. The molecule has 0 radical (unpaired) electrons. The van der Waals surface area contributed by atoms with Gasteiger partial charge in [-0.25, -0.2) is 4.98 Å². The van der Waals surface area contributed by atoms with Gasteiger partial charge in [-0.3, -0.25) is 19.9 Å². The van der Waals surface area contributed by atoms with Crippen molar-refractivity contribution < 1.29 is 4.79 Å². The lowest BCUT2D eigenvalue weighted by Crippen LogP contribution is -2.46. The Labute approximate surface area is 207 Å². The predicted molar refractivity (Wildman–Crippen MR) is 140 cm³/mol. The first-order valence-electron chi connectivity index (χ1n) is 11.8. The molecule has 0 bridgehead atoms. The number of hydrogen-bond acceptors (Lipinski definition) is 7. The van der Waals surface area contributed by atoms with Gasteiger partial charge < -0.3 is 15.1 Å². The highest BCUT2D eigenvalue weighted by Gasteiger charge is 2.19. The highest BCUT2D eigenvalue weighted by molar-refractivity contribution is 6.02. The number of nitrogens with one attached hydrogen (secondary N) is 2. The largest absolute Gasteiger partial charge is 0.368 e. The Balaban J connectivity index is 1.17. The fourth-order valence-corrected chi connectivity index (χ4v) is 4.41. The molecule has 1 aliphatic heterocycles. The van der Waals surface area contributed by atoms with Crippen molar-refractivity contribution in [2.45, 2.75) is 0 Å². The van der Waals surface area contributed by atoms with Crippen LogP contribution in [0.3, 0.4) is 0 Å². The standard InChI is InChI=1S/C27H24N8O/c36-27(24-9-12-30-33-24)31-21-4-1-19(2-5-21)20-3-6-23-25(17-20)32-26(18-29-23)35-15-13-34(14-16-35)22-7-10-28-11-8-22/h1-12,17-18H,13-16H2,(H,30,33)(H,31,36). The van der Waals surface area contributed by atoms with Crippen LogP contribution < -0.4 is 15.1 Å². The van der Waals surface area contributed by atoms with Gasteiger partial charge in [-0.2, -0.15) is 5.10 Å². The van der Waals surface area contributed by atoms with Crippen molar-refractivity contribution in [2.75, 3.05) is 41.3 Å². The number of aromatic nitrogens is 5. The zero-order valence-corrected chi connectivity index (χ0v) is 19.5. The average Bonchev–Trinajstić information content (AvgIpc) is 3.49. The van der Waals surface area contributed by atoms with Crippen LogP contribution in [0.4, 0.5) is 17.2 Å². The molecule has 0 unspecified atom stereocenters. The topological polar surface area (TPSA) is 103 Å². The van der Waals surface area contributed by atoms with E-state index in [1.54, 1.807) is 12.3 Å². The molecular weight excluding hydrogens is 452 g/mol. The summed E-state index contributed by atoms with van der Waals surface area (Å²) in [6.45, 7) is 3.61. The van der Waals surface area contributed by atoms with Crippen molar-refractivity contribution in [3.05, 3.63) is 91.1 Å². The number of H-pyrrole nitrogens is 1. The third-order valence-electron chi connectivity index (χ3n) is 6.37. The zero-order valence-electron chi connectivity index (χ0n) is 19.5. The van der Waals surface area contributed by atoms with Crippen LogP contribution in [0.2, 0.25) is 0 Å². The van der Waals surface area contributed by atoms with E-state index in [0.717, 1.165) is 54.2 Å². The fraction of sp³-hybridized carbons (Fsp3) is 0.148. The van der Waals surface area contributed by atoms with Crippen molar-refractivity contribution in [1.82, 2.24) is 25.1 Å². The summed E-state index contributed by atoms with van der Waals surface area (Å²) in [5.41, 5.74) is 6.06. The summed E-state index contributed by atoms with van der Waals surface area (Å²) in [5, 5.41) is 9.41. The molecule has 6 rings (SSSR count). The van der Waals surface area contributed by atoms with Crippen molar-refractivity contribution in [2.24, 2.45) is 0 Å². The number of hydrogen-bond donors (Lipinski definition) is 2. The van der Waals surface area contributed by atoms with Crippen LogP contribution in [0.15, 0.2) is 85.5 Å². The second-order valence-corrected chi connectivity index (χ2v) is 8.60. The summed E-state index contributed by atoms with van der Waals surface area (Å²) >= 11 is 0. The minimum Gasteiger partial charge on any atom is -0.368 e. The van der Waals surface area contributed by atoms with Gasteiger partial charge in [-0.05, 0) is 53.6 Å². The Morgan fingerprint density at radius 1 is 0.833 bits per heavy atom. The lowest BCUT2D eigenvalue weighted by molar-refractivity contribution is 0.102. The van der Waals surface area contributed by atoms with E-state index in [9.17, 15) is 4.79 Å². The summed E-state index contributed by atoms with van der Waals surface area (Å²) in [7, 11) is 0. The quantitative estimate of drug-likeness (QED) is 0.395. The molecule has 0 atom stereocenters. The van der Waals surface area contributed by atoms with Gasteiger partial charge in [0.15, 0.2) is 0 Å². The maximum atomic E-state index is 12.2. The molecule has 9 nitrogen and oxygen atoms in total. The lowest BCUT2D eigenvalue weighted by atomic mass is 10.0. The smallest absolute Gasteiger partial charge is 0.276 e. The number of piperazine rings is 1. The molecule has 9 heteroatoms. The Hall–Kier alpha value is -4.79. The number of carbonyl (C=O) groups excluding carboxylic acids is 1. The molecular formula is C27H24N8O. The Kier molecular flexibility index (Phi) is 5.71. The second kappa shape index (κ2) is 9.46. The summed E-state index contributed by atoms with van der Waals surface area (Å²) in [5.74, 6) is 0.643. The molecule has 2 aromatic carbocycles. The minimum absolute atomic E-state index is 0.251. The number of anilines is 3. The third kappa shape index (κ3) is 4.46. The maximum absolute atomic E-state index is 12.2. The Morgan fingerprint density at radius 2 is 1.58 bits per heavy atom. The first-order chi connectivity index (χ1) is 17.7. The van der Waals surface area contributed by atoms with Crippen LogP contribution in [0.1, 0.15) is 10.5 Å². The van der Waals surface area contributed by atoms with E-state index in [4.69, 9.17) is 4.98 Å². The van der Waals surface area contributed by atoms with E-state index in [-0.39, 0.29) is 5.91 Å². The minimum atomic E-state index is -0.251. The molecule has 1 saturated heterocycles. The second-order valence-electron chi connectivity index (χ2n) is 8.60. The van der Waals surface area contributed by atoms with E-state index in [2.05, 4.69) is 41.3 Å². The van der Waals surface area contributed by atoms with Crippen LogP contribution >= 0.6 is 0 Å². The van der Waals surface area contributed by atoms with E-state index in [1.807, 2.05) is 67.1 Å². The van der Waals surface area contributed by atoms with Crippen LogP contribution in [-0.4, -0.2) is 57.2 Å². The molecule has 0 saturated carbocycles. The zero-order chi connectivity index (χ0) is 24.3. The van der Waals surface area contributed by atoms with Gasteiger partial charge in [0.25, 0.3) is 5.91 Å². The average molecular weight is 477 g/mol. The molecule has 3 aromatic heterocycles. The number of rotatable bonds is 5. The summed E-state index contributed by atoms with van der Waals surface area (Å²) in [4.78, 5) is 30.6. The lowest BCUT2D eigenvalue weighted by Gasteiger charge is -2.36. The number of fused-ring (bicyclic) bond motifs is 1. The Morgan fingerprint density at radius 3 is 2.33 bits per heavy atom. The number of amides is 1.